The fourth-order valence-electron chi connectivity index (χ4n) is 3.36. The van der Waals surface area contributed by atoms with Crippen molar-refractivity contribution in [3.05, 3.63) is 52.3 Å². The van der Waals surface area contributed by atoms with Crippen LogP contribution in [0, 0.1) is 6.92 Å². The third-order valence-electron chi connectivity index (χ3n) is 4.95. The molecule has 28 heavy (non-hydrogen) atoms. The Morgan fingerprint density at radius 1 is 1.32 bits per heavy atom. The van der Waals surface area contributed by atoms with Crippen molar-refractivity contribution < 1.29 is 19.4 Å². The zero-order valence-electron chi connectivity index (χ0n) is 16.1. The van der Waals surface area contributed by atoms with Crippen LogP contribution in [0.5, 0.6) is 5.75 Å². The van der Waals surface area contributed by atoms with E-state index in [1.807, 2.05) is 13.0 Å². The molecule has 0 bridgehead atoms. The number of carbonyl (C=O) groups is 1. The molecule has 1 aliphatic heterocycles. The van der Waals surface area contributed by atoms with E-state index >= 15 is 0 Å². The Balaban J connectivity index is 1.90. The number of hydrogen-bond donors (Lipinski definition) is 1. The monoisotopic (exact) mass is 386 g/mol. The maximum absolute atomic E-state index is 12.6. The summed E-state index contributed by atoms with van der Waals surface area (Å²) >= 11 is 0. The van der Waals surface area contributed by atoms with Gasteiger partial charge in [-0.15, -0.1) is 6.58 Å². The first-order chi connectivity index (χ1) is 13.5. The molecule has 1 N–H and O–H groups in total. The number of aromatic nitrogens is 1. The molecule has 1 aliphatic rings. The van der Waals surface area contributed by atoms with Gasteiger partial charge in [0.05, 0.1) is 18.7 Å². The predicted octanol–water partition coefficient (Wildman–Crippen LogP) is 2.30. The van der Waals surface area contributed by atoms with Crippen molar-refractivity contribution in [2.24, 2.45) is 0 Å². The van der Waals surface area contributed by atoms with Crippen LogP contribution in [-0.2, 0) is 11.3 Å². The number of allylic oxidation sites excluding steroid dienone is 1. The number of fused-ring (bicyclic) bond motifs is 1. The number of aromatic carboxylic acids is 1. The van der Waals surface area contributed by atoms with E-state index in [-0.39, 0.29) is 5.56 Å². The maximum Gasteiger partial charge on any atom is 0.341 e. The van der Waals surface area contributed by atoms with Gasteiger partial charge in [-0.2, -0.15) is 0 Å². The Morgan fingerprint density at radius 3 is 2.75 bits per heavy atom. The Morgan fingerprint density at radius 2 is 2.07 bits per heavy atom. The topological polar surface area (TPSA) is 81.0 Å². The number of nitrogens with zero attached hydrogens (tertiary/aromatic N) is 2. The van der Waals surface area contributed by atoms with Gasteiger partial charge >= 0.3 is 5.97 Å². The fourth-order valence-corrected chi connectivity index (χ4v) is 3.36. The summed E-state index contributed by atoms with van der Waals surface area (Å²) in [6, 6.07) is 3.55. The van der Waals surface area contributed by atoms with Crippen molar-refractivity contribution >= 4 is 16.9 Å². The van der Waals surface area contributed by atoms with Gasteiger partial charge in [0.25, 0.3) is 0 Å². The van der Waals surface area contributed by atoms with Gasteiger partial charge < -0.3 is 19.1 Å². The van der Waals surface area contributed by atoms with Crippen LogP contribution < -0.4 is 10.2 Å². The van der Waals surface area contributed by atoms with Crippen LogP contribution >= 0.6 is 0 Å². The van der Waals surface area contributed by atoms with Gasteiger partial charge in [0.1, 0.15) is 17.9 Å². The molecule has 2 aromatic rings. The first-order valence-electron chi connectivity index (χ1n) is 9.46. The van der Waals surface area contributed by atoms with Gasteiger partial charge in [0, 0.05) is 43.8 Å². The van der Waals surface area contributed by atoms with Gasteiger partial charge in [-0.1, -0.05) is 6.08 Å². The number of morpholine rings is 1. The van der Waals surface area contributed by atoms with Crippen molar-refractivity contribution in [1.29, 1.82) is 0 Å². The van der Waals surface area contributed by atoms with Crippen molar-refractivity contribution in [2.75, 3.05) is 39.5 Å². The largest absolute Gasteiger partial charge is 0.492 e. The van der Waals surface area contributed by atoms with Gasteiger partial charge in [0.15, 0.2) is 0 Å². The molecule has 7 heteroatoms. The molecule has 1 aromatic heterocycles. The lowest BCUT2D eigenvalue weighted by atomic mass is 10.1. The van der Waals surface area contributed by atoms with Crippen molar-refractivity contribution in [1.82, 2.24) is 9.47 Å². The molecule has 0 amide bonds. The van der Waals surface area contributed by atoms with E-state index < -0.39 is 11.4 Å². The quantitative estimate of drug-likeness (QED) is 0.701. The number of ether oxygens (including phenoxy) is 2. The van der Waals surface area contributed by atoms with E-state index in [1.165, 1.54) is 6.20 Å². The molecule has 0 saturated carbocycles. The van der Waals surface area contributed by atoms with Gasteiger partial charge in [-0.3, -0.25) is 9.69 Å². The number of hydrogen-bond acceptors (Lipinski definition) is 5. The van der Waals surface area contributed by atoms with Crippen LogP contribution in [-0.4, -0.2) is 60.0 Å². The molecule has 0 unspecified atom stereocenters. The predicted molar refractivity (Wildman–Crippen MR) is 107 cm³/mol. The maximum atomic E-state index is 12.6. The van der Waals surface area contributed by atoms with Crippen LogP contribution in [0.15, 0.2) is 35.8 Å². The van der Waals surface area contributed by atoms with E-state index in [0.29, 0.717) is 36.2 Å². The van der Waals surface area contributed by atoms with E-state index in [4.69, 9.17) is 9.47 Å². The SMILES string of the molecule is C=CCCn1cc(C(=O)O)c(=O)c2cc(C)c(OCCN3CCOCC3)cc21. The Kier molecular flexibility index (Phi) is 6.49. The number of pyridine rings is 1. The first-order valence-corrected chi connectivity index (χ1v) is 9.46. The third-order valence-corrected chi connectivity index (χ3v) is 4.95. The molecule has 1 fully saturated rings. The fraction of sp³-hybridized carbons (Fsp3) is 0.429. The second-order valence-electron chi connectivity index (χ2n) is 6.89. The standard InChI is InChI=1S/C21H26N2O5/c1-3-4-5-23-14-17(21(25)26)20(24)16-12-15(2)19(13-18(16)23)28-11-8-22-6-9-27-10-7-22/h3,12-14H,1,4-11H2,2H3,(H,25,26). The normalized spacial score (nSPS) is 14.9. The highest BCUT2D eigenvalue weighted by molar-refractivity contribution is 5.93. The second kappa shape index (κ2) is 9.03. The third kappa shape index (κ3) is 4.43. The lowest BCUT2D eigenvalue weighted by Crippen LogP contribution is -2.38. The minimum Gasteiger partial charge on any atom is -0.492 e. The molecule has 7 nitrogen and oxygen atoms in total. The number of aryl methyl sites for hydroxylation is 2. The van der Waals surface area contributed by atoms with Gasteiger partial charge in [0.2, 0.25) is 5.43 Å². The summed E-state index contributed by atoms with van der Waals surface area (Å²) in [7, 11) is 0. The molecule has 0 radical (unpaired) electrons. The molecular formula is C21H26N2O5. The summed E-state index contributed by atoms with van der Waals surface area (Å²) in [6.07, 6.45) is 3.83. The molecule has 1 saturated heterocycles. The molecule has 1 aromatic carbocycles. The second-order valence-corrected chi connectivity index (χ2v) is 6.89. The molecule has 150 valence electrons. The molecular weight excluding hydrogens is 360 g/mol. The highest BCUT2D eigenvalue weighted by Gasteiger charge is 2.17. The van der Waals surface area contributed by atoms with Crippen LogP contribution in [0.3, 0.4) is 0 Å². The van der Waals surface area contributed by atoms with Crippen molar-refractivity contribution in [3.8, 4) is 5.75 Å². The van der Waals surface area contributed by atoms with E-state index in [1.54, 1.807) is 16.7 Å². The van der Waals surface area contributed by atoms with Crippen LogP contribution in [0.1, 0.15) is 22.3 Å². The van der Waals surface area contributed by atoms with Gasteiger partial charge in [-0.25, -0.2) is 4.79 Å². The highest BCUT2D eigenvalue weighted by Crippen LogP contribution is 2.25. The van der Waals surface area contributed by atoms with Crippen molar-refractivity contribution in [2.45, 2.75) is 19.9 Å². The zero-order chi connectivity index (χ0) is 20.1. The van der Waals surface area contributed by atoms with Gasteiger partial charge in [-0.05, 0) is 25.0 Å². The summed E-state index contributed by atoms with van der Waals surface area (Å²) in [5.41, 5.74) is 0.783. The highest BCUT2D eigenvalue weighted by atomic mass is 16.5. The number of carboxylic acid groups (broad SMARTS) is 1. The zero-order valence-corrected chi connectivity index (χ0v) is 16.1. The lowest BCUT2D eigenvalue weighted by molar-refractivity contribution is 0.0322. The summed E-state index contributed by atoms with van der Waals surface area (Å²) in [5.74, 6) is -0.515. The Labute approximate surface area is 163 Å². The van der Waals surface area contributed by atoms with E-state index in [9.17, 15) is 14.7 Å². The minimum atomic E-state index is -1.22. The molecule has 0 aliphatic carbocycles. The minimum absolute atomic E-state index is 0.225. The molecule has 0 atom stereocenters. The number of rotatable bonds is 8. The molecule has 3 rings (SSSR count). The summed E-state index contributed by atoms with van der Waals surface area (Å²) in [6.45, 7) is 10.8. The lowest BCUT2D eigenvalue weighted by Gasteiger charge is -2.26. The number of benzene rings is 1. The summed E-state index contributed by atoms with van der Waals surface area (Å²) in [5, 5.41) is 9.76. The van der Waals surface area contributed by atoms with Crippen molar-refractivity contribution in [3.63, 3.8) is 0 Å². The van der Waals surface area contributed by atoms with Crippen LogP contribution in [0.2, 0.25) is 0 Å². The van der Waals surface area contributed by atoms with E-state index in [2.05, 4.69) is 11.5 Å². The number of carboxylic acids is 1. The Hall–Kier alpha value is -2.64. The average molecular weight is 386 g/mol. The van der Waals surface area contributed by atoms with Crippen LogP contribution in [0.25, 0.3) is 10.9 Å². The smallest absolute Gasteiger partial charge is 0.341 e. The van der Waals surface area contributed by atoms with E-state index in [0.717, 1.165) is 38.4 Å². The summed E-state index contributed by atoms with van der Waals surface area (Å²) in [4.78, 5) is 26.4. The average Bonchev–Trinajstić information content (AvgIpc) is 2.69. The Bertz CT molecular complexity index is 929. The molecule has 2 heterocycles. The first kappa shape index (κ1) is 20.1. The molecule has 0 spiro atoms. The summed E-state index contributed by atoms with van der Waals surface area (Å²) < 4.78 is 13.1. The van der Waals surface area contributed by atoms with Crippen LogP contribution in [0.4, 0.5) is 0 Å².